The number of thiocyanates is 1. The lowest BCUT2D eigenvalue weighted by atomic mass is 10.2. The Morgan fingerprint density at radius 2 is 1.93 bits per heavy atom. The van der Waals surface area contributed by atoms with Crippen molar-refractivity contribution in [2.75, 3.05) is 0 Å². The molecule has 0 atom stereocenters. The standard InChI is InChI=1S/C19H13Cl3N4OS/c1-10-3-4-12(7-14(10)20)26-19(27)13(11(2)25-26)8-24-15-5-6-16(28-9-23)18(22)17(15)21/h3-8,25H,1-2H3. The second-order valence-corrected chi connectivity index (χ2v) is 7.88. The zero-order valence-corrected chi connectivity index (χ0v) is 17.8. The summed E-state index contributed by atoms with van der Waals surface area (Å²) in [7, 11) is 0. The summed E-state index contributed by atoms with van der Waals surface area (Å²) in [5.41, 5.74) is 2.72. The van der Waals surface area contributed by atoms with Gasteiger partial charge in [0.15, 0.2) is 0 Å². The van der Waals surface area contributed by atoms with E-state index in [2.05, 4.69) is 10.1 Å². The lowest BCUT2D eigenvalue weighted by Gasteiger charge is -2.04. The average molecular weight is 452 g/mol. The van der Waals surface area contributed by atoms with Crippen molar-refractivity contribution in [2.24, 2.45) is 4.99 Å². The minimum atomic E-state index is -0.264. The molecule has 28 heavy (non-hydrogen) atoms. The molecule has 142 valence electrons. The minimum absolute atomic E-state index is 0.219. The van der Waals surface area contributed by atoms with Crippen LogP contribution in [0.3, 0.4) is 0 Å². The van der Waals surface area contributed by atoms with Gasteiger partial charge in [0.05, 0.1) is 27.0 Å². The molecular weight excluding hydrogens is 439 g/mol. The number of benzene rings is 2. The molecule has 0 unspecified atom stereocenters. The van der Waals surface area contributed by atoms with Gasteiger partial charge >= 0.3 is 0 Å². The molecule has 0 aliphatic carbocycles. The molecule has 0 saturated carbocycles. The van der Waals surface area contributed by atoms with E-state index >= 15 is 0 Å². The van der Waals surface area contributed by atoms with Crippen LogP contribution in [0.5, 0.6) is 0 Å². The molecule has 2 aromatic carbocycles. The molecule has 0 aliphatic rings. The number of rotatable bonds is 4. The number of aliphatic imine (C=N–C) groups is 1. The zero-order valence-electron chi connectivity index (χ0n) is 14.8. The summed E-state index contributed by atoms with van der Waals surface area (Å²) < 4.78 is 1.41. The number of nitrogens with one attached hydrogen (secondary N) is 1. The summed E-state index contributed by atoms with van der Waals surface area (Å²) in [6, 6.07) is 8.67. The fourth-order valence-corrected chi connectivity index (χ4v) is 3.64. The first kappa shape index (κ1) is 20.6. The van der Waals surface area contributed by atoms with Gasteiger partial charge in [0.2, 0.25) is 0 Å². The van der Waals surface area contributed by atoms with Crippen LogP contribution in [0.25, 0.3) is 5.69 Å². The van der Waals surface area contributed by atoms with Crippen molar-refractivity contribution in [1.82, 2.24) is 9.78 Å². The SMILES string of the molecule is Cc1ccc(-n2[nH]c(C)c(C=Nc3ccc(SC#N)c(Cl)c3Cl)c2=O)cc1Cl. The molecule has 1 aromatic heterocycles. The predicted octanol–water partition coefficient (Wildman–Crippen LogP) is 6.07. The summed E-state index contributed by atoms with van der Waals surface area (Å²) in [6.45, 7) is 3.67. The molecule has 3 rings (SSSR count). The van der Waals surface area contributed by atoms with Gasteiger partial charge in [0, 0.05) is 21.8 Å². The Labute approximate surface area is 180 Å². The summed E-state index contributed by atoms with van der Waals surface area (Å²) in [6.07, 6.45) is 1.44. The van der Waals surface area contributed by atoms with E-state index in [1.807, 2.05) is 24.5 Å². The Balaban J connectivity index is 1.99. The largest absolute Gasteiger partial charge is 0.295 e. The van der Waals surface area contributed by atoms with Crippen LogP contribution in [0.4, 0.5) is 5.69 Å². The van der Waals surface area contributed by atoms with Crippen LogP contribution in [-0.2, 0) is 0 Å². The molecule has 5 nitrogen and oxygen atoms in total. The van der Waals surface area contributed by atoms with Crippen LogP contribution in [0.2, 0.25) is 15.1 Å². The quantitative estimate of drug-likeness (QED) is 0.297. The van der Waals surface area contributed by atoms with Crippen LogP contribution in [0, 0.1) is 24.5 Å². The van der Waals surface area contributed by atoms with Gasteiger partial charge in [-0.15, -0.1) is 0 Å². The molecule has 0 spiro atoms. The lowest BCUT2D eigenvalue weighted by molar-refractivity contribution is 0.835. The molecule has 0 saturated heterocycles. The van der Waals surface area contributed by atoms with E-state index in [-0.39, 0.29) is 15.6 Å². The van der Waals surface area contributed by atoms with Crippen LogP contribution in [0.1, 0.15) is 16.8 Å². The molecule has 0 aliphatic heterocycles. The Kier molecular flexibility index (Phi) is 6.21. The maximum atomic E-state index is 12.8. The summed E-state index contributed by atoms with van der Waals surface area (Å²) in [5, 5.41) is 14.8. The molecule has 0 radical (unpaired) electrons. The van der Waals surface area contributed by atoms with Crippen molar-refractivity contribution in [3.8, 4) is 11.1 Å². The number of aromatic nitrogens is 2. The van der Waals surface area contributed by atoms with Gasteiger partial charge in [0.1, 0.15) is 5.40 Å². The third kappa shape index (κ3) is 3.98. The Hall–Kier alpha value is -2.17. The number of nitriles is 1. The van der Waals surface area contributed by atoms with Crippen LogP contribution in [0.15, 0.2) is 45.0 Å². The number of aryl methyl sites for hydroxylation is 2. The molecule has 9 heteroatoms. The topological polar surface area (TPSA) is 73.9 Å². The maximum Gasteiger partial charge on any atom is 0.280 e. The van der Waals surface area contributed by atoms with Crippen molar-refractivity contribution < 1.29 is 0 Å². The van der Waals surface area contributed by atoms with Gasteiger partial charge in [-0.05, 0) is 55.4 Å². The zero-order chi connectivity index (χ0) is 20.4. The minimum Gasteiger partial charge on any atom is -0.295 e. The summed E-state index contributed by atoms with van der Waals surface area (Å²) in [5.74, 6) is 0. The second kappa shape index (κ2) is 8.46. The fraction of sp³-hybridized carbons (Fsp3) is 0.105. The van der Waals surface area contributed by atoms with E-state index < -0.39 is 0 Å². The second-order valence-electron chi connectivity index (χ2n) is 5.89. The molecule has 1 heterocycles. The predicted molar refractivity (Wildman–Crippen MR) is 116 cm³/mol. The fourth-order valence-electron chi connectivity index (χ4n) is 2.50. The first-order valence-corrected chi connectivity index (χ1v) is 9.94. The highest BCUT2D eigenvalue weighted by Gasteiger charge is 2.13. The normalized spacial score (nSPS) is 11.1. The number of hydrogen-bond donors (Lipinski definition) is 1. The monoisotopic (exact) mass is 450 g/mol. The number of halogens is 3. The van der Waals surface area contributed by atoms with Crippen molar-refractivity contribution >= 4 is 58.5 Å². The number of thioether (sulfide) groups is 1. The maximum absolute atomic E-state index is 12.8. The lowest BCUT2D eigenvalue weighted by Crippen LogP contribution is -2.17. The highest BCUT2D eigenvalue weighted by Crippen LogP contribution is 2.38. The van der Waals surface area contributed by atoms with Crippen molar-refractivity contribution in [1.29, 1.82) is 5.26 Å². The van der Waals surface area contributed by atoms with Gasteiger partial charge in [-0.1, -0.05) is 40.9 Å². The Morgan fingerprint density at radius 1 is 1.18 bits per heavy atom. The van der Waals surface area contributed by atoms with Crippen LogP contribution < -0.4 is 5.56 Å². The van der Waals surface area contributed by atoms with Crippen molar-refractivity contribution in [3.05, 3.63) is 72.6 Å². The number of H-pyrrole nitrogens is 1. The van der Waals surface area contributed by atoms with Crippen LogP contribution in [-0.4, -0.2) is 16.0 Å². The van der Waals surface area contributed by atoms with Gasteiger partial charge in [-0.25, -0.2) is 4.68 Å². The van der Waals surface area contributed by atoms with E-state index in [4.69, 9.17) is 40.1 Å². The number of nitrogens with zero attached hydrogens (tertiary/aromatic N) is 3. The molecular formula is C19H13Cl3N4OS. The van der Waals surface area contributed by atoms with Gasteiger partial charge in [-0.3, -0.25) is 14.9 Å². The van der Waals surface area contributed by atoms with E-state index in [0.29, 0.717) is 32.6 Å². The van der Waals surface area contributed by atoms with Gasteiger partial charge in [-0.2, -0.15) is 5.26 Å². The molecule has 3 aromatic rings. The van der Waals surface area contributed by atoms with Gasteiger partial charge in [0.25, 0.3) is 5.56 Å². The molecule has 0 amide bonds. The third-order valence-electron chi connectivity index (χ3n) is 4.05. The summed E-state index contributed by atoms with van der Waals surface area (Å²) in [4.78, 5) is 17.6. The van der Waals surface area contributed by atoms with E-state index in [9.17, 15) is 4.79 Å². The number of hydrogen-bond acceptors (Lipinski definition) is 4. The van der Waals surface area contributed by atoms with Crippen molar-refractivity contribution in [2.45, 2.75) is 18.7 Å². The first-order valence-electron chi connectivity index (χ1n) is 7.99. The number of aromatic amines is 1. The van der Waals surface area contributed by atoms with Gasteiger partial charge < -0.3 is 0 Å². The average Bonchev–Trinajstić information content (AvgIpc) is 2.95. The van der Waals surface area contributed by atoms with Crippen molar-refractivity contribution in [3.63, 3.8) is 0 Å². The molecule has 0 fully saturated rings. The third-order valence-corrected chi connectivity index (χ3v) is 6.09. The van der Waals surface area contributed by atoms with E-state index in [0.717, 1.165) is 17.3 Å². The Bertz CT molecular complexity index is 1190. The summed E-state index contributed by atoms with van der Waals surface area (Å²) >= 11 is 19.5. The molecule has 1 N–H and O–H groups in total. The molecule has 0 bridgehead atoms. The highest BCUT2D eigenvalue weighted by molar-refractivity contribution is 8.03. The smallest absolute Gasteiger partial charge is 0.280 e. The highest BCUT2D eigenvalue weighted by atomic mass is 35.5. The first-order chi connectivity index (χ1) is 13.3. The Morgan fingerprint density at radius 3 is 2.61 bits per heavy atom. The van der Waals surface area contributed by atoms with Crippen LogP contribution >= 0.6 is 46.6 Å². The van der Waals surface area contributed by atoms with E-state index in [1.54, 1.807) is 25.1 Å². The van der Waals surface area contributed by atoms with E-state index in [1.165, 1.54) is 10.9 Å².